The van der Waals surface area contributed by atoms with Crippen LogP contribution in [0, 0.1) is 6.92 Å². The van der Waals surface area contributed by atoms with Crippen LogP contribution < -0.4 is 5.32 Å². The summed E-state index contributed by atoms with van der Waals surface area (Å²) in [6.07, 6.45) is 11.8. The van der Waals surface area contributed by atoms with Crippen LogP contribution in [0.25, 0.3) is 0 Å². The number of allylic oxidation sites excluding steroid dienone is 1. The lowest BCUT2D eigenvalue weighted by Gasteiger charge is -2.34. The van der Waals surface area contributed by atoms with Gasteiger partial charge in [0.25, 0.3) is 0 Å². The third-order valence-electron chi connectivity index (χ3n) is 6.64. The highest BCUT2D eigenvalue weighted by Gasteiger charge is 2.26. The molecule has 1 N–H and O–H groups in total. The Labute approximate surface area is 198 Å². The first-order valence-corrected chi connectivity index (χ1v) is 12.6. The van der Waals surface area contributed by atoms with Gasteiger partial charge in [-0.1, -0.05) is 67.1 Å². The molecular weight excluding hydrogens is 388 g/mol. The highest BCUT2D eigenvalue weighted by atomic mass is 15.2. The Bertz CT molecular complexity index is 756. The third kappa shape index (κ3) is 9.71. The maximum atomic E-state index is 3.72. The van der Waals surface area contributed by atoms with Crippen LogP contribution in [0.3, 0.4) is 0 Å². The van der Waals surface area contributed by atoms with Gasteiger partial charge in [-0.2, -0.15) is 0 Å². The van der Waals surface area contributed by atoms with E-state index in [0.717, 1.165) is 25.8 Å². The molecule has 0 spiro atoms. The number of nitrogens with one attached hydrogen (secondary N) is 1. The van der Waals surface area contributed by atoms with Gasteiger partial charge in [0.15, 0.2) is 0 Å². The molecule has 1 saturated heterocycles. The van der Waals surface area contributed by atoms with Crippen LogP contribution in [-0.4, -0.2) is 37.1 Å². The molecule has 1 fully saturated rings. The first-order chi connectivity index (χ1) is 15.5. The second-order valence-electron chi connectivity index (χ2n) is 9.66. The van der Waals surface area contributed by atoms with E-state index in [1.807, 2.05) is 6.08 Å². The van der Waals surface area contributed by atoms with E-state index < -0.39 is 0 Å². The molecule has 1 unspecified atom stereocenters. The lowest BCUT2D eigenvalue weighted by atomic mass is 9.91. The highest BCUT2D eigenvalue weighted by molar-refractivity contribution is 5.24. The molecule has 1 aliphatic heterocycles. The van der Waals surface area contributed by atoms with E-state index in [-0.39, 0.29) is 5.54 Å². The fourth-order valence-electron chi connectivity index (χ4n) is 4.37. The van der Waals surface area contributed by atoms with Crippen molar-refractivity contribution >= 4 is 0 Å². The zero-order chi connectivity index (χ0) is 23.2. The Morgan fingerprint density at radius 2 is 1.53 bits per heavy atom. The quantitative estimate of drug-likeness (QED) is 0.310. The monoisotopic (exact) mass is 434 g/mol. The zero-order valence-electron chi connectivity index (χ0n) is 21.1. The Hall–Kier alpha value is -1.90. The van der Waals surface area contributed by atoms with Gasteiger partial charge in [-0.25, -0.2) is 0 Å². The number of likely N-dealkylation sites (tertiary alicyclic amines) is 1. The van der Waals surface area contributed by atoms with E-state index in [1.54, 1.807) is 0 Å². The van der Waals surface area contributed by atoms with Crippen molar-refractivity contribution in [2.75, 3.05) is 26.7 Å². The van der Waals surface area contributed by atoms with Crippen molar-refractivity contribution in [3.8, 4) is 0 Å². The number of benzene rings is 2. The van der Waals surface area contributed by atoms with E-state index >= 15 is 0 Å². The highest BCUT2D eigenvalue weighted by Crippen LogP contribution is 2.18. The van der Waals surface area contributed by atoms with Crippen molar-refractivity contribution in [3.63, 3.8) is 0 Å². The predicted molar refractivity (Wildman–Crippen MR) is 142 cm³/mol. The van der Waals surface area contributed by atoms with Crippen LogP contribution in [-0.2, 0) is 19.3 Å². The van der Waals surface area contributed by atoms with Crippen LogP contribution in [0.15, 0.2) is 61.2 Å². The fourth-order valence-corrected chi connectivity index (χ4v) is 4.37. The molecule has 0 amide bonds. The minimum absolute atomic E-state index is 0.179. The number of hydrogen-bond acceptors (Lipinski definition) is 2. The topological polar surface area (TPSA) is 15.3 Å². The van der Waals surface area contributed by atoms with Gasteiger partial charge in [-0.05, 0) is 102 Å². The average molecular weight is 435 g/mol. The number of rotatable bonds is 11. The van der Waals surface area contributed by atoms with Gasteiger partial charge in [0.2, 0.25) is 0 Å². The normalized spacial score (nSPS) is 15.6. The lowest BCUT2D eigenvalue weighted by molar-refractivity contribution is 0.229. The Balaban J connectivity index is 0.000000244. The molecular formula is C30H46N2. The van der Waals surface area contributed by atoms with Gasteiger partial charge in [-0.3, -0.25) is 0 Å². The molecule has 32 heavy (non-hydrogen) atoms. The molecule has 176 valence electrons. The largest absolute Gasteiger partial charge is 0.313 e. The van der Waals surface area contributed by atoms with Crippen molar-refractivity contribution in [1.29, 1.82) is 0 Å². The van der Waals surface area contributed by atoms with Crippen molar-refractivity contribution in [2.45, 2.75) is 77.7 Å². The molecule has 0 aromatic heterocycles. The van der Waals surface area contributed by atoms with E-state index in [9.17, 15) is 0 Å². The standard InChI is InChI=1S/C17H28N2.C13H18/c1-4-15-7-9-16(10-8-15)13-17(2,18-3)14-19-11-5-6-12-19;1-3-4-5-6-7-13-10-8-12(2)9-11-13/h7-10,18H,4-6,11-14H2,1-3H3;3,8-11H,1,4-7H2,2H3. The predicted octanol–water partition coefficient (Wildman–Crippen LogP) is 6.76. The smallest absolute Gasteiger partial charge is 0.0318 e. The van der Waals surface area contributed by atoms with Crippen molar-refractivity contribution in [3.05, 3.63) is 83.4 Å². The van der Waals surface area contributed by atoms with Gasteiger partial charge in [0.1, 0.15) is 0 Å². The van der Waals surface area contributed by atoms with E-state index in [1.165, 1.54) is 67.4 Å². The van der Waals surface area contributed by atoms with Crippen molar-refractivity contribution in [2.24, 2.45) is 0 Å². The zero-order valence-corrected chi connectivity index (χ0v) is 21.1. The average Bonchev–Trinajstić information content (AvgIpc) is 3.31. The SMILES string of the molecule is C=CCCCCc1ccc(C)cc1.CCc1ccc(CC(C)(CN2CCCC2)NC)cc1. The summed E-state index contributed by atoms with van der Waals surface area (Å²) < 4.78 is 0. The summed E-state index contributed by atoms with van der Waals surface area (Å²) in [6, 6.07) is 17.9. The van der Waals surface area contributed by atoms with E-state index in [4.69, 9.17) is 0 Å². The van der Waals surface area contributed by atoms with Crippen LogP contribution >= 0.6 is 0 Å². The van der Waals surface area contributed by atoms with Crippen LogP contribution in [0.4, 0.5) is 0 Å². The number of likely N-dealkylation sites (N-methyl/N-ethyl adjacent to an activating group) is 1. The lowest BCUT2D eigenvalue weighted by Crippen LogP contribution is -2.50. The third-order valence-corrected chi connectivity index (χ3v) is 6.64. The van der Waals surface area contributed by atoms with E-state index in [0.29, 0.717) is 0 Å². The maximum absolute atomic E-state index is 3.72. The summed E-state index contributed by atoms with van der Waals surface area (Å²) in [5.74, 6) is 0. The minimum Gasteiger partial charge on any atom is -0.313 e. The Morgan fingerprint density at radius 3 is 2.09 bits per heavy atom. The first-order valence-electron chi connectivity index (χ1n) is 12.6. The molecule has 0 radical (unpaired) electrons. The molecule has 0 saturated carbocycles. The van der Waals surface area contributed by atoms with Crippen LogP contribution in [0.5, 0.6) is 0 Å². The summed E-state index contributed by atoms with van der Waals surface area (Å²) >= 11 is 0. The van der Waals surface area contributed by atoms with Gasteiger partial charge >= 0.3 is 0 Å². The van der Waals surface area contributed by atoms with Gasteiger partial charge in [-0.15, -0.1) is 6.58 Å². The maximum Gasteiger partial charge on any atom is 0.0318 e. The summed E-state index contributed by atoms with van der Waals surface area (Å²) in [6.45, 7) is 14.1. The molecule has 2 aromatic rings. The minimum atomic E-state index is 0.179. The molecule has 1 aliphatic rings. The molecule has 2 nitrogen and oxygen atoms in total. The second-order valence-corrected chi connectivity index (χ2v) is 9.66. The van der Waals surface area contributed by atoms with Crippen molar-refractivity contribution in [1.82, 2.24) is 10.2 Å². The molecule has 0 aliphatic carbocycles. The number of nitrogens with zero attached hydrogens (tertiary/aromatic N) is 1. The molecule has 1 heterocycles. The first kappa shape index (κ1) is 26.4. The molecule has 3 rings (SSSR count). The summed E-state index contributed by atoms with van der Waals surface area (Å²) in [5.41, 5.74) is 5.84. The fraction of sp³-hybridized carbons (Fsp3) is 0.533. The Kier molecular flexibility index (Phi) is 11.8. The molecule has 1 atom stereocenters. The summed E-state index contributed by atoms with van der Waals surface area (Å²) in [4.78, 5) is 2.59. The van der Waals surface area contributed by atoms with Gasteiger partial charge < -0.3 is 10.2 Å². The summed E-state index contributed by atoms with van der Waals surface area (Å²) in [7, 11) is 2.09. The summed E-state index contributed by atoms with van der Waals surface area (Å²) in [5, 5.41) is 3.54. The molecule has 2 aromatic carbocycles. The van der Waals surface area contributed by atoms with Gasteiger partial charge in [0.05, 0.1) is 0 Å². The van der Waals surface area contributed by atoms with E-state index in [2.05, 4.69) is 93.1 Å². The Morgan fingerprint density at radius 1 is 0.938 bits per heavy atom. The van der Waals surface area contributed by atoms with Gasteiger partial charge in [0, 0.05) is 12.1 Å². The molecule has 0 bridgehead atoms. The van der Waals surface area contributed by atoms with Crippen LogP contribution in [0.1, 0.15) is 68.2 Å². The second kappa shape index (κ2) is 14.3. The number of aryl methyl sites for hydroxylation is 3. The number of unbranched alkanes of at least 4 members (excludes halogenated alkanes) is 2. The van der Waals surface area contributed by atoms with Crippen LogP contribution in [0.2, 0.25) is 0 Å². The number of hydrogen-bond donors (Lipinski definition) is 1. The van der Waals surface area contributed by atoms with Crippen molar-refractivity contribution < 1.29 is 0 Å². The molecule has 2 heteroatoms.